The van der Waals surface area contributed by atoms with E-state index in [9.17, 15) is 9.59 Å². The molecular weight excluding hydrogens is 260 g/mol. The monoisotopic (exact) mass is 284 g/mol. The Morgan fingerprint density at radius 3 is 2.55 bits per heavy atom. The fourth-order valence-electron chi connectivity index (χ4n) is 2.79. The molecule has 20 heavy (non-hydrogen) atoms. The number of esters is 1. The van der Waals surface area contributed by atoms with Gasteiger partial charge in [-0.05, 0) is 34.1 Å². The maximum atomic E-state index is 11.9. The maximum Gasteiger partial charge on any atom is 0.410 e. The molecule has 114 valence electrons. The van der Waals surface area contributed by atoms with Crippen molar-refractivity contribution in [1.82, 2.24) is 10.2 Å². The van der Waals surface area contributed by atoms with Crippen LogP contribution in [0.4, 0.5) is 4.79 Å². The molecule has 1 N–H and O–H groups in total. The van der Waals surface area contributed by atoms with Crippen LogP contribution in [-0.4, -0.2) is 54.8 Å². The number of carbonyl (C=O) groups is 2. The van der Waals surface area contributed by atoms with E-state index in [4.69, 9.17) is 9.47 Å². The van der Waals surface area contributed by atoms with Crippen LogP contribution in [-0.2, 0) is 14.3 Å². The molecule has 1 spiro atoms. The van der Waals surface area contributed by atoms with Crippen molar-refractivity contribution in [1.29, 1.82) is 0 Å². The van der Waals surface area contributed by atoms with E-state index in [-0.39, 0.29) is 23.5 Å². The summed E-state index contributed by atoms with van der Waals surface area (Å²) in [6, 6.07) is -0.240. The van der Waals surface area contributed by atoms with Crippen LogP contribution in [0.2, 0.25) is 0 Å². The number of amides is 1. The molecule has 6 heteroatoms. The zero-order valence-electron chi connectivity index (χ0n) is 12.7. The van der Waals surface area contributed by atoms with E-state index in [0.29, 0.717) is 19.7 Å². The van der Waals surface area contributed by atoms with Gasteiger partial charge in [-0.2, -0.15) is 0 Å². The molecule has 0 aromatic heterocycles. The Bertz CT molecular complexity index is 396. The molecule has 2 saturated heterocycles. The Labute approximate surface area is 119 Å². The van der Waals surface area contributed by atoms with Crippen molar-refractivity contribution in [2.45, 2.75) is 45.8 Å². The van der Waals surface area contributed by atoms with Crippen LogP contribution in [0.3, 0.4) is 0 Å². The number of rotatable bonds is 2. The maximum absolute atomic E-state index is 11.9. The van der Waals surface area contributed by atoms with Crippen LogP contribution < -0.4 is 5.32 Å². The SMILES string of the molecule is CCOC(=O)[C@H]1CC2(CN1)CN(C(=O)OC(C)(C)C)C2. The second kappa shape index (κ2) is 5.24. The Hall–Kier alpha value is -1.30. The third kappa shape index (κ3) is 3.23. The van der Waals surface area contributed by atoms with E-state index < -0.39 is 5.60 Å². The molecule has 2 aliphatic heterocycles. The average molecular weight is 284 g/mol. The fourth-order valence-corrected chi connectivity index (χ4v) is 2.79. The molecule has 2 heterocycles. The first-order valence-corrected chi connectivity index (χ1v) is 7.13. The van der Waals surface area contributed by atoms with E-state index >= 15 is 0 Å². The Morgan fingerprint density at radius 1 is 1.35 bits per heavy atom. The minimum Gasteiger partial charge on any atom is -0.465 e. The van der Waals surface area contributed by atoms with Crippen LogP contribution in [0.1, 0.15) is 34.1 Å². The zero-order chi connectivity index (χ0) is 15.0. The molecule has 2 rings (SSSR count). The van der Waals surface area contributed by atoms with E-state index in [2.05, 4.69) is 5.32 Å². The summed E-state index contributed by atoms with van der Waals surface area (Å²) in [7, 11) is 0. The molecule has 0 radical (unpaired) electrons. The molecule has 0 aromatic rings. The highest BCUT2D eigenvalue weighted by Gasteiger charge is 2.52. The van der Waals surface area contributed by atoms with E-state index in [1.54, 1.807) is 11.8 Å². The number of ether oxygens (including phenoxy) is 2. The van der Waals surface area contributed by atoms with Gasteiger partial charge >= 0.3 is 12.1 Å². The summed E-state index contributed by atoms with van der Waals surface area (Å²) >= 11 is 0. The van der Waals surface area contributed by atoms with Crippen molar-refractivity contribution < 1.29 is 19.1 Å². The average Bonchev–Trinajstić information content (AvgIpc) is 2.69. The molecular formula is C14H24N2O4. The third-order valence-electron chi connectivity index (χ3n) is 3.64. The molecule has 2 aliphatic rings. The number of carbonyl (C=O) groups excluding carboxylic acids is 2. The highest BCUT2D eigenvalue weighted by Crippen LogP contribution is 2.39. The fraction of sp³-hybridized carbons (Fsp3) is 0.857. The van der Waals surface area contributed by atoms with Crippen molar-refractivity contribution >= 4 is 12.1 Å². The van der Waals surface area contributed by atoms with E-state index in [0.717, 1.165) is 13.0 Å². The second-order valence-electron chi connectivity index (χ2n) is 6.73. The van der Waals surface area contributed by atoms with Crippen LogP contribution in [0, 0.1) is 5.41 Å². The molecule has 1 amide bonds. The van der Waals surface area contributed by atoms with Crippen molar-refractivity contribution in [2.75, 3.05) is 26.2 Å². The van der Waals surface area contributed by atoms with Crippen LogP contribution in [0.25, 0.3) is 0 Å². The second-order valence-corrected chi connectivity index (χ2v) is 6.73. The highest BCUT2D eigenvalue weighted by atomic mass is 16.6. The largest absolute Gasteiger partial charge is 0.465 e. The number of hydrogen-bond donors (Lipinski definition) is 1. The lowest BCUT2D eigenvalue weighted by atomic mass is 9.78. The summed E-state index contributed by atoms with van der Waals surface area (Å²) in [5.41, 5.74) is -0.463. The minimum absolute atomic E-state index is 0.00827. The molecule has 0 bridgehead atoms. The van der Waals surface area contributed by atoms with Gasteiger partial charge in [-0.1, -0.05) is 0 Å². The Kier molecular flexibility index (Phi) is 3.95. The van der Waals surface area contributed by atoms with E-state index in [1.807, 2.05) is 20.8 Å². The standard InChI is InChI=1S/C14H24N2O4/c1-5-19-11(17)10-6-14(7-15-10)8-16(9-14)12(18)20-13(2,3)4/h10,15H,5-9H2,1-4H3/t10-/m1/s1. The molecule has 0 aromatic carbocycles. The third-order valence-corrected chi connectivity index (χ3v) is 3.64. The lowest BCUT2D eigenvalue weighted by molar-refractivity contribution is -0.145. The van der Waals surface area contributed by atoms with Gasteiger partial charge in [-0.15, -0.1) is 0 Å². The predicted octanol–water partition coefficient (Wildman–Crippen LogP) is 1.15. The highest BCUT2D eigenvalue weighted by molar-refractivity contribution is 5.76. The predicted molar refractivity (Wildman–Crippen MR) is 73.3 cm³/mol. The summed E-state index contributed by atoms with van der Waals surface area (Å²) in [5, 5.41) is 3.19. The molecule has 2 fully saturated rings. The first-order valence-electron chi connectivity index (χ1n) is 7.13. The van der Waals surface area contributed by atoms with Gasteiger partial charge < -0.3 is 19.7 Å². The lowest BCUT2D eigenvalue weighted by Gasteiger charge is -2.47. The minimum atomic E-state index is -0.471. The molecule has 1 atom stereocenters. The summed E-state index contributed by atoms with van der Waals surface area (Å²) in [5.74, 6) is -0.194. The first-order chi connectivity index (χ1) is 9.25. The number of nitrogens with zero attached hydrogens (tertiary/aromatic N) is 1. The topological polar surface area (TPSA) is 67.9 Å². The van der Waals surface area contributed by atoms with E-state index in [1.165, 1.54) is 0 Å². The van der Waals surface area contributed by atoms with Crippen LogP contribution >= 0.6 is 0 Å². The molecule has 0 aliphatic carbocycles. The first kappa shape index (κ1) is 15.1. The van der Waals surface area contributed by atoms with Crippen molar-refractivity contribution in [3.8, 4) is 0 Å². The van der Waals surface area contributed by atoms with Crippen molar-refractivity contribution in [3.05, 3.63) is 0 Å². The number of likely N-dealkylation sites (tertiary alicyclic amines) is 1. The summed E-state index contributed by atoms with van der Waals surface area (Å²) in [4.78, 5) is 25.3. The van der Waals surface area contributed by atoms with Gasteiger partial charge in [0.2, 0.25) is 0 Å². The lowest BCUT2D eigenvalue weighted by Crippen LogP contribution is -2.60. The smallest absolute Gasteiger partial charge is 0.410 e. The van der Waals surface area contributed by atoms with Gasteiger partial charge in [0, 0.05) is 25.0 Å². The number of hydrogen-bond acceptors (Lipinski definition) is 5. The normalized spacial score (nSPS) is 24.4. The van der Waals surface area contributed by atoms with Crippen LogP contribution in [0.5, 0.6) is 0 Å². The van der Waals surface area contributed by atoms with Gasteiger partial charge in [-0.3, -0.25) is 4.79 Å². The Balaban J connectivity index is 1.81. The molecule has 0 saturated carbocycles. The van der Waals surface area contributed by atoms with Crippen LogP contribution in [0.15, 0.2) is 0 Å². The van der Waals surface area contributed by atoms with Gasteiger partial charge in [0.15, 0.2) is 0 Å². The quantitative estimate of drug-likeness (QED) is 0.770. The van der Waals surface area contributed by atoms with Gasteiger partial charge in [0.05, 0.1) is 6.61 Å². The van der Waals surface area contributed by atoms with Gasteiger partial charge in [-0.25, -0.2) is 4.79 Å². The molecule has 6 nitrogen and oxygen atoms in total. The zero-order valence-corrected chi connectivity index (χ0v) is 12.7. The summed E-state index contributed by atoms with van der Waals surface area (Å²) < 4.78 is 10.4. The van der Waals surface area contributed by atoms with Gasteiger partial charge in [0.1, 0.15) is 11.6 Å². The van der Waals surface area contributed by atoms with Gasteiger partial charge in [0.25, 0.3) is 0 Å². The molecule has 0 unspecified atom stereocenters. The Morgan fingerprint density at radius 2 is 2.00 bits per heavy atom. The van der Waals surface area contributed by atoms with Crippen molar-refractivity contribution in [3.63, 3.8) is 0 Å². The number of nitrogens with one attached hydrogen (secondary N) is 1. The van der Waals surface area contributed by atoms with Crippen molar-refractivity contribution in [2.24, 2.45) is 5.41 Å². The summed E-state index contributed by atoms with van der Waals surface area (Å²) in [6.45, 7) is 9.80. The summed E-state index contributed by atoms with van der Waals surface area (Å²) in [6.07, 6.45) is 0.452.